The van der Waals surface area contributed by atoms with E-state index in [1.165, 1.54) is 43.5 Å². The molecule has 1 atom stereocenters. The molecule has 2 fully saturated rings. The highest BCUT2D eigenvalue weighted by Crippen LogP contribution is 2.26. The van der Waals surface area contributed by atoms with E-state index in [0.29, 0.717) is 13.1 Å². The molecule has 6 heteroatoms. The highest BCUT2D eigenvalue weighted by Gasteiger charge is 2.31. The van der Waals surface area contributed by atoms with E-state index in [-0.39, 0.29) is 0 Å². The lowest BCUT2D eigenvalue weighted by Gasteiger charge is -2.26. The Kier molecular flexibility index (Phi) is 7.85. The van der Waals surface area contributed by atoms with Gasteiger partial charge in [-0.3, -0.25) is 4.90 Å². The zero-order valence-electron chi connectivity index (χ0n) is 16.5. The fraction of sp³-hybridized carbons (Fsp3) is 0.667. The second-order valence-electron chi connectivity index (χ2n) is 7.73. The van der Waals surface area contributed by atoms with Crippen LogP contribution in [0.15, 0.2) is 29.3 Å². The molecule has 0 radical (unpaired) electrons. The van der Waals surface area contributed by atoms with Crippen molar-refractivity contribution in [2.45, 2.75) is 51.3 Å². The van der Waals surface area contributed by atoms with Crippen LogP contribution < -0.4 is 10.6 Å². The molecule has 1 aromatic rings. The fourth-order valence-electron chi connectivity index (χ4n) is 3.62. The van der Waals surface area contributed by atoms with Gasteiger partial charge in [0.05, 0.1) is 12.1 Å². The van der Waals surface area contributed by atoms with Crippen molar-refractivity contribution < 1.29 is 5.11 Å². The molecule has 0 amide bonds. The molecule has 5 nitrogen and oxygen atoms in total. The number of nitrogens with zero attached hydrogens (tertiary/aromatic N) is 2. The number of thioether (sulfide) groups is 1. The van der Waals surface area contributed by atoms with E-state index in [4.69, 9.17) is 0 Å². The molecule has 2 saturated heterocycles. The van der Waals surface area contributed by atoms with E-state index < -0.39 is 5.60 Å². The van der Waals surface area contributed by atoms with E-state index in [1.807, 2.05) is 11.8 Å². The minimum atomic E-state index is -0.600. The SMILES string of the molecule is CCNC(=NCc1ccc(CN2CCCCC2)cc1)NCC1(O)CCSC1. The number of aliphatic hydroxyl groups is 1. The van der Waals surface area contributed by atoms with Crippen molar-refractivity contribution in [3.05, 3.63) is 35.4 Å². The van der Waals surface area contributed by atoms with Gasteiger partial charge in [-0.05, 0) is 56.2 Å². The summed E-state index contributed by atoms with van der Waals surface area (Å²) < 4.78 is 0. The van der Waals surface area contributed by atoms with Crippen LogP contribution in [0.3, 0.4) is 0 Å². The minimum Gasteiger partial charge on any atom is -0.387 e. The maximum atomic E-state index is 10.5. The predicted molar refractivity (Wildman–Crippen MR) is 115 cm³/mol. The summed E-state index contributed by atoms with van der Waals surface area (Å²) in [4.78, 5) is 7.24. The predicted octanol–water partition coefficient (Wildman–Crippen LogP) is 2.60. The summed E-state index contributed by atoms with van der Waals surface area (Å²) in [7, 11) is 0. The largest absolute Gasteiger partial charge is 0.387 e. The first-order chi connectivity index (χ1) is 13.2. The molecule has 3 rings (SSSR count). The Morgan fingerprint density at radius 2 is 1.89 bits per heavy atom. The number of hydrogen-bond acceptors (Lipinski definition) is 4. The van der Waals surface area contributed by atoms with Crippen molar-refractivity contribution in [1.29, 1.82) is 0 Å². The number of rotatable bonds is 7. The van der Waals surface area contributed by atoms with Gasteiger partial charge in [0.2, 0.25) is 0 Å². The molecule has 150 valence electrons. The van der Waals surface area contributed by atoms with E-state index >= 15 is 0 Å². The lowest BCUT2D eigenvalue weighted by molar-refractivity contribution is 0.0724. The van der Waals surface area contributed by atoms with Gasteiger partial charge in [0.25, 0.3) is 0 Å². The Balaban J connectivity index is 1.50. The first-order valence-corrected chi connectivity index (χ1v) is 11.4. The molecule has 3 N–H and O–H groups in total. The molecule has 0 aliphatic carbocycles. The van der Waals surface area contributed by atoms with Crippen LogP contribution in [0, 0.1) is 0 Å². The van der Waals surface area contributed by atoms with Crippen molar-refractivity contribution in [1.82, 2.24) is 15.5 Å². The topological polar surface area (TPSA) is 59.9 Å². The molecular weight excluding hydrogens is 356 g/mol. The quantitative estimate of drug-likeness (QED) is 0.493. The second-order valence-corrected chi connectivity index (χ2v) is 8.83. The summed E-state index contributed by atoms with van der Waals surface area (Å²) in [6, 6.07) is 8.84. The van der Waals surface area contributed by atoms with Crippen LogP contribution in [0.5, 0.6) is 0 Å². The Morgan fingerprint density at radius 1 is 1.15 bits per heavy atom. The van der Waals surface area contributed by atoms with Crippen LogP contribution in [0.2, 0.25) is 0 Å². The summed E-state index contributed by atoms with van der Waals surface area (Å²) >= 11 is 1.82. The summed E-state index contributed by atoms with van der Waals surface area (Å²) in [5.74, 6) is 2.62. The monoisotopic (exact) mass is 390 g/mol. The van der Waals surface area contributed by atoms with Crippen LogP contribution in [-0.2, 0) is 13.1 Å². The fourth-order valence-corrected chi connectivity index (χ4v) is 4.92. The molecule has 0 bridgehead atoms. The standard InChI is InChI=1S/C21H34N4OS/c1-2-22-20(24-16-21(26)10-13-27-17-21)23-14-18-6-8-19(9-7-18)15-25-11-4-3-5-12-25/h6-9,26H,2-5,10-17H2,1H3,(H2,22,23,24). The average molecular weight is 391 g/mol. The third-order valence-electron chi connectivity index (χ3n) is 5.31. The zero-order chi connectivity index (χ0) is 19.0. The third kappa shape index (κ3) is 6.70. The van der Waals surface area contributed by atoms with Crippen LogP contribution in [0.4, 0.5) is 0 Å². The van der Waals surface area contributed by atoms with Gasteiger partial charge >= 0.3 is 0 Å². The van der Waals surface area contributed by atoms with Gasteiger partial charge in [0.1, 0.15) is 0 Å². The van der Waals surface area contributed by atoms with E-state index in [2.05, 4.69) is 51.7 Å². The molecule has 1 unspecified atom stereocenters. The normalized spacial score (nSPS) is 24.1. The van der Waals surface area contributed by atoms with Gasteiger partial charge in [-0.2, -0.15) is 11.8 Å². The van der Waals surface area contributed by atoms with Crippen LogP contribution in [0.1, 0.15) is 43.7 Å². The minimum absolute atomic E-state index is 0.556. The number of piperidine rings is 1. The first-order valence-electron chi connectivity index (χ1n) is 10.3. The molecule has 0 aromatic heterocycles. The lowest BCUT2D eigenvalue weighted by atomic mass is 10.0. The van der Waals surface area contributed by atoms with Crippen LogP contribution in [-0.4, -0.2) is 59.3 Å². The molecule has 2 aliphatic rings. The number of nitrogens with one attached hydrogen (secondary N) is 2. The first kappa shape index (κ1) is 20.5. The number of likely N-dealkylation sites (tertiary alicyclic amines) is 1. The Bertz CT molecular complexity index is 593. The lowest BCUT2D eigenvalue weighted by Crippen LogP contribution is -2.47. The highest BCUT2D eigenvalue weighted by molar-refractivity contribution is 7.99. The van der Waals surface area contributed by atoms with E-state index in [0.717, 1.165) is 37.0 Å². The highest BCUT2D eigenvalue weighted by atomic mass is 32.2. The number of benzene rings is 1. The van der Waals surface area contributed by atoms with Crippen molar-refractivity contribution >= 4 is 17.7 Å². The van der Waals surface area contributed by atoms with Crippen LogP contribution in [0.25, 0.3) is 0 Å². The van der Waals surface area contributed by atoms with Gasteiger partial charge in [-0.15, -0.1) is 0 Å². The summed E-state index contributed by atoms with van der Waals surface area (Å²) in [5, 5.41) is 17.1. The number of aliphatic imine (C=N–C) groups is 1. The van der Waals surface area contributed by atoms with Crippen molar-refractivity contribution in [3.63, 3.8) is 0 Å². The molecule has 27 heavy (non-hydrogen) atoms. The summed E-state index contributed by atoms with van der Waals surface area (Å²) in [6.45, 7) is 7.60. The van der Waals surface area contributed by atoms with Gasteiger partial charge < -0.3 is 15.7 Å². The maximum absolute atomic E-state index is 10.5. The van der Waals surface area contributed by atoms with Gasteiger partial charge in [-0.25, -0.2) is 4.99 Å². The van der Waals surface area contributed by atoms with Gasteiger partial charge in [0.15, 0.2) is 5.96 Å². The average Bonchev–Trinajstić information content (AvgIpc) is 3.13. The summed E-state index contributed by atoms with van der Waals surface area (Å²) in [5.41, 5.74) is 2.00. The Hall–Kier alpha value is -1.24. The van der Waals surface area contributed by atoms with Crippen molar-refractivity contribution in [3.8, 4) is 0 Å². The molecule has 1 aromatic carbocycles. The Morgan fingerprint density at radius 3 is 2.56 bits per heavy atom. The van der Waals surface area contributed by atoms with Gasteiger partial charge in [-0.1, -0.05) is 30.7 Å². The van der Waals surface area contributed by atoms with Crippen LogP contribution >= 0.6 is 11.8 Å². The number of guanidine groups is 1. The zero-order valence-corrected chi connectivity index (χ0v) is 17.4. The third-order valence-corrected chi connectivity index (χ3v) is 6.54. The number of hydrogen-bond donors (Lipinski definition) is 3. The van der Waals surface area contributed by atoms with Crippen molar-refractivity contribution in [2.75, 3.05) is 37.7 Å². The second kappa shape index (κ2) is 10.3. The van der Waals surface area contributed by atoms with E-state index in [1.54, 1.807) is 0 Å². The molecular formula is C21H34N4OS. The van der Waals surface area contributed by atoms with Crippen molar-refractivity contribution in [2.24, 2.45) is 4.99 Å². The molecule has 2 aliphatic heterocycles. The smallest absolute Gasteiger partial charge is 0.191 e. The molecule has 0 saturated carbocycles. The van der Waals surface area contributed by atoms with E-state index in [9.17, 15) is 5.11 Å². The maximum Gasteiger partial charge on any atom is 0.191 e. The summed E-state index contributed by atoms with van der Waals surface area (Å²) in [6.07, 6.45) is 4.90. The Labute approximate surface area is 168 Å². The van der Waals surface area contributed by atoms with Gasteiger partial charge in [0, 0.05) is 25.4 Å². The molecule has 2 heterocycles. The molecule has 0 spiro atoms.